The Morgan fingerprint density at radius 2 is 1.63 bits per heavy atom. The minimum absolute atomic E-state index is 0.220. The van der Waals surface area contributed by atoms with E-state index in [9.17, 15) is 19.1 Å². The second-order valence-electron chi connectivity index (χ2n) is 7.10. The Labute approximate surface area is 173 Å². The molecule has 1 heterocycles. The van der Waals surface area contributed by atoms with Crippen molar-refractivity contribution in [2.75, 3.05) is 18.1 Å². The van der Waals surface area contributed by atoms with Crippen LogP contribution in [0.5, 0.6) is 5.75 Å². The number of fused-ring (bicyclic) bond motifs is 1. The molecule has 1 amide bonds. The first-order valence-electron chi connectivity index (χ1n) is 9.59. The van der Waals surface area contributed by atoms with Crippen LogP contribution in [0.25, 0.3) is 0 Å². The van der Waals surface area contributed by atoms with Crippen molar-refractivity contribution < 1.29 is 23.8 Å². The van der Waals surface area contributed by atoms with Gasteiger partial charge in [0.05, 0.1) is 18.7 Å². The summed E-state index contributed by atoms with van der Waals surface area (Å²) in [5.41, 5.74) is -0.811. The number of ketones is 1. The number of aliphatic hydroxyl groups is 1. The van der Waals surface area contributed by atoms with Crippen molar-refractivity contribution in [3.63, 3.8) is 0 Å². The van der Waals surface area contributed by atoms with Crippen LogP contribution in [-0.2, 0) is 10.4 Å². The molecule has 3 aromatic carbocycles. The van der Waals surface area contributed by atoms with Crippen LogP contribution in [0.15, 0.2) is 78.9 Å². The number of carbonyl (C=O) groups excluding carboxylic acids is 2. The number of Topliss-reactive ketones (excluding diaryl/α,β-unsaturated/α-hetero) is 1. The molecule has 1 atom stereocenters. The van der Waals surface area contributed by atoms with Crippen LogP contribution in [0.1, 0.15) is 22.3 Å². The third-order valence-corrected chi connectivity index (χ3v) is 5.15. The molecule has 5 nitrogen and oxygen atoms in total. The number of rotatable bonds is 7. The van der Waals surface area contributed by atoms with E-state index in [-0.39, 0.29) is 18.7 Å². The van der Waals surface area contributed by atoms with Gasteiger partial charge in [0.1, 0.15) is 18.2 Å². The summed E-state index contributed by atoms with van der Waals surface area (Å²) in [6, 6.07) is 21.1. The number of halogens is 1. The summed E-state index contributed by atoms with van der Waals surface area (Å²) in [5.74, 6) is -0.796. The first kappa shape index (κ1) is 19.8. The number of ether oxygens (including phenoxy) is 1. The number of nitrogens with zero attached hydrogens (tertiary/aromatic N) is 1. The predicted octanol–water partition coefficient (Wildman–Crippen LogP) is 3.71. The van der Waals surface area contributed by atoms with Gasteiger partial charge in [-0.25, -0.2) is 4.39 Å². The number of amides is 1. The molecule has 30 heavy (non-hydrogen) atoms. The summed E-state index contributed by atoms with van der Waals surface area (Å²) in [7, 11) is 0. The van der Waals surface area contributed by atoms with Crippen LogP contribution in [0, 0.1) is 5.82 Å². The van der Waals surface area contributed by atoms with Crippen LogP contribution >= 0.6 is 0 Å². The van der Waals surface area contributed by atoms with Crippen molar-refractivity contribution in [1.29, 1.82) is 0 Å². The van der Waals surface area contributed by atoms with E-state index in [0.29, 0.717) is 17.0 Å². The van der Waals surface area contributed by atoms with Gasteiger partial charge < -0.3 is 14.7 Å². The van der Waals surface area contributed by atoms with Crippen molar-refractivity contribution in [3.8, 4) is 5.75 Å². The molecule has 0 bridgehead atoms. The molecule has 0 fully saturated rings. The maximum Gasteiger partial charge on any atom is 0.264 e. The zero-order valence-corrected chi connectivity index (χ0v) is 16.1. The van der Waals surface area contributed by atoms with Gasteiger partial charge in [0.2, 0.25) is 0 Å². The normalized spacial score (nSPS) is 17.7. The maximum absolute atomic E-state index is 13.2. The van der Waals surface area contributed by atoms with E-state index in [1.165, 1.54) is 29.2 Å². The minimum Gasteiger partial charge on any atom is -0.492 e. The maximum atomic E-state index is 13.2. The lowest BCUT2D eigenvalue weighted by Gasteiger charge is -2.23. The van der Waals surface area contributed by atoms with Gasteiger partial charge in [0.15, 0.2) is 11.4 Å². The molecule has 1 unspecified atom stereocenters. The lowest BCUT2D eigenvalue weighted by molar-refractivity contribution is -0.135. The Morgan fingerprint density at radius 1 is 0.967 bits per heavy atom. The van der Waals surface area contributed by atoms with E-state index in [1.807, 2.05) is 30.3 Å². The number of para-hydroxylation sites is 2. The van der Waals surface area contributed by atoms with E-state index >= 15 is 0 Å². The fraction of sp³-hybridized carbons (Fsp3) is 0.167. The molecule has 152 valence electrons. The van der Waals surface area contributed by atoms with Crippen LogP contribution in [0.4, 0.5) is 10.1 Å². The summed E-state index contributed by atoms with van der Waals surface area (Å²) in [4.78, 5) is 27.3. The second kappa shape index (κ2) is 8.08. The smallest absolute Gasteiger partial charge is 0.264 e. The first-order valence-corrected chi connectivity index (χ1v) is 9.59. The van der Waals surface area contributed by atoms with Crippen LogP contribution < -0.4 is 9.64 Å². The molecule has 1 aliphatic rings. The minimum atomic E-state index is -1.98. The van der Waals surface area contributed by atoms with Crippen molar-refractivity contribution in [2.24, 2.45) is 0 Å². The van der Waals surface area contributed by atoms with Crippen LogP contribution in [0.2, 0.25) is 0 Å². The van der Waals surface area contributed by atoms with Crippen molar-refractivity contribution in [3.05, 3.63) is 95.8 Å². The molecule has 0 aromatic heterocycles. The summed E-state index contributed by atoms with van der Waals surface area (Å²) in [6.07, 6.45) is -0.426. The van der Waals surface area contributed by atoms with Gasteiger partial charge in [0, 0.05) is 11.1 Å². The summed E-state index contributed by atoms with van der Waals surface area (Å²) in [6.45, 7) is 0.448. The van der Waals surface area contributed by atoms with Crippen molar-refractivity contribution in [1.82, 2.24) is 0 Å². The molecule has 1 aliphatic heterocycles. The molecular weight excluding hydrogens is 385 g/mol. The van der Waals surface area contributed by atoms with Crippen molar-refractivity contribution >= 4 is 17.4 Å². The average molecular weight is 405 g/mol. The number of anilines is 1. The SMILES string of the molecule is O=C(CC1(O)C(=O)N(CCOc2ccccc2)c2ccccc21)c1ccc(F)cc1. The van der Waals surface area contributed by atoms with Gasteiger partial charge in [-0.15, -0.1) is 0 Å². The molecule has 0 spiro atoms. The molecule has 1 N–H and O–H groups in total. The Bertz CT molecular complexity index is 1070. The van der Waals surface area contributed by atoms with Crippen molar-refractivity contribution in [2.45, 2.75) is 12.0 Å². The second-order valence-corrected chi connectivity index (χ2v) is 7.10. The van der Waals surface area contributed by atoms with E-state index < -0.39 is 29.5 Å². The Kier molecular flexibility index (Phi) is 5.33. The lowest BCUT2D eigenvalue weighted by Crippen LogP contribution is -2.43. The molecule has 3 aromatic rings. The Hall–Kier alpha value is -3.51. The van der Waals surface area contributed by atoms with E-state index in [0.717, 1.165) is 0 Å². The number of hydrogen-bond acceptors (Lipinski definition) is 4. The zero-order valence-electron chi connectivity index (χ0n) is 16.1. The van der Waals surface area contributed by atoms with Crippen LogP contribution in [-0.4, -0.2) is 29.9 Å². The summed E-state index contributed by atoms with van der Waals surface area (Å²) < 4.78 is 18.8. The Balaban J connectivity index is 1.54. The van der Waals surface area contributed by atoms with Gasteiger partial charge in [-0.3, -0.25) is 9.59 Å². The summed E-state index contributed by atoms with van der Waals surface area (Å²) >= 11 is 0. The fourth-order valence-corrected chi connectivity index (χ4v) is 3.64. The third-order valence-electron chi connectivity index (χ3n) is 5.15. The largest absolute Gasteiger partial charge is 0.492 e. The van der Waals surface area contributed by atoms with Gasteiger partial charge in [-0.2, -0.15) is 0 Å². The highest BCUT2D eigenvalue weighted by molar-refractivity contribution is 6.10. The highest BCUT2D eigenvalue weighted by Gasteiger charge is 2.50. The predicted molar refractivity (Wildman–Crippen MR) is 110 cm³/mol. The fourth-order valence-electron chi connectivity index (χ4n) is 3.64. The lowest BCUT2D eigenvalue weighted by atomic mass is 9.88. The van der Waals surface area contributed by atoms with E-state index in [4.69, 9.17) is 4.74 Å². The van der Waals surface area contributed by atoms with Gasteiger partial charge in [0.25, 0.3) is 5.91 Å². The molecule has 0 saturated heterocycles. The Morgan fingerprint density at radius 3 is 2.37 bits per heavy atom. The average Bonchev–Trinajstić information content (AvgIpc) is 2.97. The number of benzene rings is 3. The van der Waals surface area contributed by atoms with Gasteiger partial charge >= 0.3 is 0 Å². The standard InChI is InChI=1S/C24H20FNO4/c25-18-12-10-17(11-13-18)22(27)16-24(29)20-8-4-5-9-21(20)26(23(24)28)14-15-30-19-6-2-1-3-7-19/h1-13,29H,14-16H2. The van der Waals surface area contributed by atoms with Crippen LogP contribution in [0.3, 0.4) is 0 Å². The topological polar surface area (TPSA) is 66.8 Å². The molecule has 0 aliphatic carbocycles. The molecular formula is C24H20FNO4. The van der Waals surface area contributed by atoms with Gasteiger partial charge in [-0.1, -0.05) is 36.4 Å². The van der Waals surface area contributed by atoms with Gasteiger partial charge in [-0.05, 0) is 42.5 Å². The highest BCUT2D eigenvalue weighted by atomic mass is 19.1. The first-order chi connectivity index (χ1) is 14.5. The molecule has 6 heteroatoms. The molecule has 0 radical (unpaired) electrons. The van der Waals surface area contributed by atoms with E-state index in [2.05, 4.69) is 0 Å². The number of carbonyl (C=O) groups is 2. The third kappa shape index (κ3) is 3.69. The van der Waals surface area contributed by atoms with E-state index in [1.54, 1.807) is 24.3 Å². The quantitative estimate of drug-likeness (QED) is 0.609. The monoisotopic (exact) mass is 405 g/mol. The summed E-state index contributed by atoms with van der Waals surface area (Å²) in [5, 5.41) is 11.3. The zero-order chi connectivity index (χ0) is 21.1. The number of hydrogen-bond donors (Lipinski definition) is 1. The molecule has 0 saturated carbocycles. The highest BCUT2D eigenvalue weighted by Crippen LogP contribution is 2.42. The molecule has 4 rings (SSSR count).